The maximum Gasteiger partial charge on any atom is 0.266 e. The Balaban J connectivity index is 1.55. The minimum absolute atomic E-state index is 0.0526. The summed E-state index contributed by atoms with van der Waals surface area (Å²) in [6, 6.07) is 17.8. The first-order valence-corrected chi connectivity index (χ1v) is 11.7. The highest BCUT2D eigenvalue weighted by Gasteiger charge is 2.21. The Morgan fingerprint density at radius 1 is 1.06 bits per heavy atom. The molecule has 0 saturated heterocycles. The molecule has 3 aromatic carbocycles. The highest BCUT2D eigenvalue weighted by Crippen LogP contribution is 2.35. The van der Waals surface area contributed by atoms with Gasteiger partial charge in [0.15, 0.2) is 11.7 Å². The summed E-state index contributed by atoms with van der Waals surface area (Å²) in [4.78, 5) is 21.8. The van der Waals surface area contributed by atoms with Crippen LogP contribution < -0.4 is 9.64 Å². The summed E-state index contributed by atoms with van der Waals surface area (Å²) in [5, 5.41) is 3.53. The quantitative estimate of drug-likeness (QED) is 0.329. The molecule has 0 fully saturated rings. The molecular weight excluding hydrogens is 442 g/mol. The van der Waals surface area contributed by atoms with Crippen LogP contribution >= 0.6 is 22.9 Å². The van der Waals surface area contributed by atoms with E-state index in [0.717, 1.165) is 39.5 Å². The number of hydrogen-bond donors (Lipinski definition) is 0. The van der Waals surface area contributed by atoms with Gasteiger partial charge in [-0.2, -0.15) is 0 Å². The van der Waals surface area contributed by atoms with E-state index in [0.29, 0.717) is 22.4 Å². The van der Waals surface area contributed by atoms with E-state index in [2.05, 4.69) is 11.0 Å². The van der Waals surface area contributed by atoms with Crippen molar-refractivity contribution in [3.8, 4) is 5.75 Å². The minimum Gasteiger partial charge on any atom is -0.484 e. The van der Waals surface area contributed by atoms with Gasteiger partial charge in [-0.05, 0) is 68.5 Å². The number of halogens is 1. The Morgan fingerprint density at radius 3 is 2.59 bits per heavy atom. The van der Waals surface area contributed by atoms with Gasteiger partial charge in [0.2, 0.25) is 0 Å². The van der Waals surface area contributed by atoms with Gasteiger partial charge in [-0.1, -0.05) is 59.3 Å². The molecule has 166 valence electrons. The van der Waals surface area contributed by atoms with Crippen molar-refractivity contribution in [2.24, 2.45) is 0 Å². The predicted molar refractivity (Wildman–Crippen MR) is 134 cm³/mol. The van der Waals surface area contributed by atoms with Gasteiger partial charge >= 0.3 is 0 Å². The number of ether oxygens (including phenoxy) is 1. The molecule has 0 bridgehead atoms. The third-order valence-electron chi connectivity index (χ3n) is 5.29. The number of carbonyl (C=O) groups excluding carboxylic acids is 1. The molecule has 1 aromatic heterocycles. The van der Waals surface area contributed by atoms with Crippen LogP contribution in [0.5, 0.6) is 5.75 Å². The molecule has 0 unspecified atom stereocenters. The maximum absolute atomic E-state index is 13.2. The fourth-order valence-electron chi connectivity index (χ4n) is 3.56. The van der Waals surface area contributed by atoms with Gasteiger partial charge in [0.25, 0.3) is 5.91 Å². The van der Waals surface area contributed by atoms with E-state index in [4.69, 9.17) is 21.3 Å². The summed E-state index contributed by atoms with van der Waals surface area (Å²) >= 11 is 7.85. The fraction of sp³-hybridized carbons (Fsp3) is 0.280. The summed E-state index contributed by atoms with van der Waals surface area (Å²) in [6.45, 7) is 3.39. The second kappa shape index (κ2) is 9.86. The van der Waals surface area contributed by atoms with E-state index in [1.54, 1.807) is 4.90 Å². The summed E-state index contributed by atoms with van der Waals surface area (Å²) in [7, 11) is 4.05. The molecule has 0 aliphatic rings. The number of hydrogen-bond acceptors (Lipinski definition) is 5. The standard InChI is InChI=1S/C25H26ClN3O2S/c1-17-9-12-21(26)24-23(17)27-25(32-24)29(14-6-13-28(2)3)22(30)16-31-20-11-10-18-7-4-5-8-19(18)15-20/h4-5,7-12,15H,6,13-14,16H2,1-3H3. The maximum atomic E-state index is 13.2. The number of carbonyl (C=O) groups is 1. The van der Waals surface area contributed by atoms with Crippen molar-refractivity contribution in [2.45, 2.75) is 13.3 Å². The molecule has 32 heavy (non-hydrogen) atoms. The summed E-state index contributed by atoms with van der Waals surface area (Å²) in [5.41, 5.74) is 1.89. The zero-order valence-corrected chi connectivity index (χ0v) is 20.0. The third-order valence-corrected chi connectivity index (χ3v) is 6.83. The number of rotatable bonds is 8. The van der Waals surface area contributed by atoms with Crippen LogP contribution in [0.2, 0.25) is 5.02 Å². The van der Waals surface area contributed by atoms with Crippen LogP contribution in [-0.2, 0) is 4.79 Å². The van der Waals surface area contributed by atoms with Crippen LogP contribution in [0.25, 0.3) is 21.0 Å². The number of nitrogens with zero attached hydrogens (tertiary/aromatic N) is 3. The number of aromatic nitrogens is 1. The molecule has 0 saturated carbocycles. The highest BCUT2D eigenvalue weighted by atomic mass is 35.5. The number of benzene rings is 3. The van der Waals surface area contributed by atoms with Crippen LogP contribution in [0.1, 0.15) is 12.0 Å². The Morgan fingerprint density at radius 2 is 1.84 bits per heavy atom. The number of anilines is 1. The molecule has 4 rings (SSSR count). The van der Waals surface area contributed by atoms with Gasteiger partial charge in [-0.15, -0.1) is 0 Å². The van der Waals surface area contributed by atoms with Gasteiger partial charge < -0.3 is 9.64 Å². The molecule has 0 atom stereocenters. The summed E-state index contributed by atoms with van der Waals surface area (Å²) in [6.07, 6.45) is 0.831. The molecule has 1 amide bonds. The van der Waals surface area contributed by atoms with Gasteiger partial charge in [0.1, 0.15) is 5.75 Å². The molecule has 0 radical (unpaired) electrons. The third kappa shape index (κ3) is 5.04. The van der Waals surface area contributed by atoms with Gasteiger partial charge in [0, 0.05) is 6.54 Å². The Labute approximate surface area is 197 Å². The second-order valence-electron chi connectivity index (χ2n) is 8.04. The van der Waals surface area contributed by atoms with Crippen LogP contribution in [0.15, 0.2) is 54.6 Å². The van der Waals surface area contributed by atoms with Crippen molar-refractivity contribution in [1.82, 2.24) is 9.88 Å². The SMILES string of the molecule is Cc1ccc(Cl)c2sc(N(CCCN(C)C)C(=O)COc3ccc4ccccc4c3)nc12. The van der Waals surface area contributed by atoms with E-state index in [1.165, 1.54) is 11.3 Å². The molecule has 7 heteroatoms. The van der Waals surface area contributed by atoms with Crippen LogP contribution in [-0.4, -0.2) is 49.6 Å². The zero-order chi connectivity index (χ0) is 22.7. The van der Waals surface area contributed by atoms with Crippen molar-refractivity contribution in [3.05, 3.63) is 65.2 Å². The Kier molecular flexibility index (Phi) is 6.94. The predicted octanol–water partition coefficient (Wildman–Crippen LogP) is 5.78. The number of thiazole rings is 1. The van der Waals surface area contributed by atoms with E-state index in [-0.39, 0.29) is 12.5 Å². The van der Waals surface area contributed by atoms with E-state index in [1.807, 2.05) is 69.6 Å². The van der Waals surface area contributed by atoms with Gasteiger partial charge in [-0.3, -0.25) is 9.69 Å². The van der Waals surface area contributed by atoms with Crippen LogP contribution in [0, 0.1) is 6.92 Å². The molecule has 0 aliphatic carbocycles. The molecule has 0 aliphatic heterocycles. The minimum atomic E-state index is -0.121. The lowest BCUT2D eigenvalue weighted by molar-refractivity contribution is -0.120. The van der Waals surface area contributed by atoms with E-state index in [9.17, 15) is 4.79 Å². The van der Waals surface area contributed by atoms with Crippen LogP contribution in [0.3, 0.4) is 0 Å². The monoisotopic (exact) mass is 467 g/mol. The topological polar surface area (TPSA) is 45.7 Å². The normalized spacial score (nSPS) is 11.4. The average Bonchev–Trinajstić information content (AvgIpc) is 3.24. The lowest BCUT2D eigenvalue weighted by atomic mass is 10.1. The van der Waals surface area contributed by atoms with Gasteiger partial charge in [-0.25, -0.2) is 4.98 Å². The number of fused-ring (bicyclic) bond motifs is 2. The zero-order valence-electron chi connectivity index (χ0n) is 18.5. The smallest absolute Gasteiger partial charge is 0.266 e. The van der Waals surface area contributed by atoms with Crippen molar-refractivity contribution in [2.75, 3.05) is 38.7 Å². The van der Waals surface area contributed by atoms with E-state index < -0.39 is 0 Å². The molecule has 0 spiro atoms. The number of amides is 1. The van der Waals surface area contributed by atoms with E-state index >= 15 is 0 Å². The van der Waals surface area contributed by atoms with Crippen molar-refractivity contribution >= 4 is 55.0 Å². The largest absolute Gasteiger partial charge is 0.484 e. The fourth-order valence-corrected chi connectivity index (χ4v) is 4.92. The molecule has 1 heterocycles. The Bertz CT molecular complexity index is 1220. The first-order valence-electron chi connectivity index (χ1n) is 10.5. The molecular formula is C25H26ClN3O2S. The molecule has 5 nitrogen and oxygen atoms in total. The van der Waals surface area contributed by atoms with Gasteiger partial charge in [0.05, 0.1) is 15.2 Å². The lowest BCUT2D eigenvalue weighted by Gasteiger charge is -2.21. The first-order chi connectivity index (χ1) is 15.4. The molecule has 4 aromatic rings. The summed E-state index contributed by atoms with van der Waals surface area (Å²) in [5.74, 6) is 0.554. The first kappa shape index (κ1) is 22.5. The highest BCUT2D eigenvalue weighted by molar-refractivity contribution is 7.23. The molecule has 0 N–H and O–H groups in total. The lowest BCUT2D eigenvalue weighted by Crippen LogP contribution is -2.36. The average molecular weight is 468 g/mol. The van der Waals surface area contributed by atoms with Crippen molar-refractivity contribution < 1.29 is 9.53 Å². The van der Waals surface area contributed by atoms with Crippen LogP contribution in [0.4, 0.5) is 5.13 Å². The Hall–Kier alpha value is -2.67. The second-order valence-corrected chi connectivity index (χ2v) is 9.42. The summed E-state index contributed by atoms with van der Waals surface area (Å²) < 4.78 is 6.78. The number of aryl methyl sites for hydroxylation is 1. The van der Waals surface area contributed by atoms with Crippen molar-refractivity contribution in [1.29, 1.82) is 0 Å². The van der Waals surface area contributed by atoms with Crippen molar-refractivity contribution in [3.63, 3.8) is 0 Å².